The van der Waals surface area contributed by atoms with E-state index in [0.29, 0.717) is 11.9 Å². The molecule has 0 aliphatic heterocycles. The second-order valence-corrected chi connectivity index (χ2v) is 6.74. The zero-order valence-corrected chi connectivity index (χ0v) is 13.2. The third-order valence-electron chi connectivity index (χ3n) is 5.42. The number of rotatable bonds is 6. The molecule has 0 aromatic heterocycles. The Morgan fingerprint density at radius 1 is 1.00 bits per heavy atom. The van der Waals surface area contributed by atoms with Crippen LogP contribution in [0.2, 0.25) is 0 Å². The third-order valence-corrected chi connectivity index (χ3v) is 5.42. The van der Waals surface area contributed by atoms with Crippen LogP contribution in [0.5, 0.6) is 0 Å². The van der Waals surface area contributed by atoms with Gasteiger partial charge in [-0.3, -0.25) is 4.79 Å². The molecular formula is C17H32N2O. The van der Waals surface area contributed by atoms with E-state index in [1.165, 1.54) is 51.4 Å². The fraction of sp³-hybridized carbons (Fsp3) is 0.941. The van der Waals surface area contributed by atoms with Crippen LogP contribution in [0.25, 0.3) is 0 Å². The Kier molecular flexibility index (Phi) is 6.34. The van der Waals surface area contributed by atoms with E-state index in [4.69, 9.17) is 0 Å². The topological polar surface area (TPSA) is 41.1 Å². The first kappa shape index (κ1) is 15.8. The van der Waals surface area contributed by atoms with Gasteiger partial charge in [0.25, 0.3) is 0 Å². The van der Waals surface area contributed by atoms with Crippen molar-refractivity contribution in [3.05, 3.63) is 0 Å². The zero-order valence-electron chi connectivity index (χ0n) is 13.2. The van der Waals surface area contributed by atoms with Crippen LogP contribution >= 0.6 is 0 Å². The highest BCUT2D eigenvalue weighted by molar-refractivity contribution is 5.82. The first-order valence-corrected chi connectivity index (χ1v) is 8.78. The molecule has 0 unspecified atom stereocenters. The molecule has 2 aliphatic rings. The Morgan fingerprint density at radius 3 is 2.25 bits per heavy atom. The molecule has 0 saturated heterocycles. The van der Waals surface area contributed by atoms with Gasteiger partial charge in [0.1, 0.15) is 0 Å². The highest BCUT2D eigenvalue weighted by Gasteiger charge is 2.38. The number of carbonyl (C=O) groups is 1. The summed E-state index contributed by atoms with van der Waals surface area (Å²) in [5, 5.41) is 6.79. The highest BCUT2D eigenvalue weighted by atomic mass is 16.2. The molecule has 0 radical (unpaired) electrons. The van der Waals surface area contributed by atoms with Crippen molar-refractivity contribution in [1.82, 2.24) is 10.6 Å². The Bertz CT molecular complexity index is 289. The predicted octanol–water partition coefficient (Wildman–Crippen LogP) is 3.39. The van der Waals surface area contributed by atoms with Gasteiger partial charge >= 0.3 is 0 Å². The standard InChI is InChI=1S/C17H32N2O/c1-2-17(11-7-8-12-17)16(20)19-14-13-18-15-9-5-3-4-6-10-15/h15,18H,2-14H2,1H3,(H,19,20). The van der Waals surface area contributed by atoms with Gasteiger partial charge in [0, 0.05) is 24.5 Å². The van der Waals surface area contributed by atoms with Gasteiger partial charge < -0.3 is 10.6 Å². The lowest BCUT2D eigenvalue weighted by molar-refractivity contribution is -0.131. The number of hydrogen-bond donors (Lipinski definition) is 2. The first-order chi connectivity index (χ1) is 9.77. The van der Waals surface area contributed by atoms with E-state index >= 15 is 0 Å². The quantitative estimate of drug-likeness (QED) is 0.578. The summed E-state index contributed by atoms with van der Waals surface area (Å²) in [6, 6.07) is 0.681. The van der Waals surface area contributed by atoms with Crippen LogP contribution in [0.3, 0.4) is 0 Å². The Morgan fingerprint density at radius 2 is 1.65 bits per heavy atom. The van der Waals surface area contributed by atoms with E-state index in [1.54, 1.807) is 0 Å². The van der Waals surface area contributed by atoms with E-state index < -0.39 is 0 Å². The molecule has 20 heavy (non-hydrogen) atoms. The van der Waals surface area contributed by atoms with Crippen molar-refractivity contribution in [3.63, 3.8) is 0 Å². The molecule has 2 fully saturated rings. The molecular weight excluding hydrogens is 248 g/mol. The van der Waals surface area contributed by atoms with Gasteiger partial charge in [-0.25, -0.2) is 0 Å². The highest BCUT2D eigenvalue weighted by Crippen LogP contribution is 2.40. The molecule has 2 N–H and O–H groups in total. The van der Waals surface area contributed by atoms with Crippen molar-refractivity contribution >= 4 is 5.91 Å². The van der Waals surface area contributed by atoms with Crippen LogP contribution in [-0.4, -0.2) is 25.0 Å². The second-order valence-electron chi connectivity index (χ2n) is 6.74. The van der Waals surface area contributed by atoms with E-state index in [2.05, 4.69) is 17.6 Å². The van der Waals surface area contributed by atoms with Crippen molar-refractivity contribution in [1.29, 1.82) is 0 Å². The van der Waals surface area contributed by atoms with Crippen LogP contribution in [0.1, 0.15) is 77.6 Å². The maximum absolute atomic E-state index is 12.4. The van der Waals surface area contributed by atoms with E-state index in [-0.39, 0.29) is 5.41 Å². The number of amides is 1. The zero-order chi connectivity index (χ0) is 14.3. The van der Waals surface area contributed by atoms with Gasteiger partial charge in [-0.05, 0) is 32.1 Å². The van der Waals surface area contributed by atoms with Crippen molar-refractivity contribution in [2.24, 2.45) is 5.41 Å². The molecule has 3 nitrogen and oxygen atoms in total. The third kappa shape index (κ3) is 4.21. The molecule has 0 aromatic rings. The minimum Gasteiger partial charge on any atom is -0.354 e. The monoisotopic (exact) mass is 280 g/mol. The van der Waals surface area contributed by atoms with E-state index in [1.807, 2.05) is 0 Å². The fourth-order valence-corrected chi connectivity index (χ4v) is 3.92. The number of carbonyl (C=O) groups excluding carboxylic acids is 1. The molecule has 2 saturated carbocycles. The number of nitrogens with one attached hydrogen (secondary N) is 2. The summed E-state index contributed by atoms with van der Waals surface area (Å²) in [4.78, 5) is 12.4. The first-order valence-electron chi connectivity index (χ1n) is 8.78. The number of hydrogen-bond acceptors (Lipinski definition) is 2. The minimum absolute atomic E-state index is 0.0394. The molecule has 2 rings (SSSR count). The summed E-state index contributed by atoms with van der Waals surface area (Å²) < 4.78 is 0. The Labute approximate surface area is 124 Å². The SMILES string of the molecule is CCC1(C(=O)NCCNC2CCCCCC2)CCCC1. The van der Waals surface area contributed by atoms with Gasteiger partial charge in [-0.1, -0.05) is 45.4 Å². The van der Waals surface area contributed by atoms with Gasteiger partial charge in [0.05, 0.1) is 0 Å². The lowest BCUT2D eigenvalue weighted by Crippen LogP contribution is -2.43. The van der Waals surface area contributed by atoms with Crippen LogP contribution in [0.15, 0.2) is 0 Å². The second kappa shape index (κ2) is 8.02. The molecule has 2 aliphatic carbocycles. The van der Waals surface area contributed by atoms with E-state index in [0.717, 1.165) is 32.4 Å². The van der Waals surface area contributed by atoms with E-state index in [9.17, 15) is 4.79 Å². The lowest BCUT2D eigenvalue weighted by Gasteiger charge is -2.26. The summed E-state index contributed by atoms with van der Waals surface area (Å²) >= 11 is 0. The van der Waals surface area contributed by atoms with Gasteiger partial charge in [-0.15, -0.1) is 0 Å². The summed E-state index contributed by atoms with van der Waals surface area (Å²) in [7, 11) is 0. The molecule has 0 heterocycles. The maximum Gasteiger partial charge on any atom is 0.226 e. The maximum atomic E-state index is 12.4. The summed E-state index contributed by atoms with van der Waals surface area (Å²) in [5.74, 6) is 0.306. The smallest absolute Gasteiger partial charge is 0.226 e. The van der Waals surface area contributed by atoms with Gasteiger partial charge in [-0.2, -0.15) is 0 Å². The largest absolute Gasteiger partial charge is 0.354 e. The van der Waals surface area contributed by atoms with Crippen LogP contribution in [0.4, 0.5) is 0 Å². The normalized spacial score (nSPS) is 23.4. The lowest BCUT2D eigenvalue weighted by atomic mass is 9.82. The average molecular weight is 280 g/mol. The van der Waals surface area contributed by atoms with Crippen molar-refractivity contribution in [2.75, 3.05) is 13.1 Å². The molecule has 0 spiro atoms. The van der Waals surface area contributed by atoms with Gasteiger partial charge in [0.15, 0.2) is 0 Å². The summed E-state index contributed by atoms with van der Waals surface area (Å²) in [6.45, 7) is 3.88. The molecule has 116 valence electrons. The molecule has 3 heteroatoms. The Hall–Kier alpha value is -0.570. The Balaban J connectivity index is 1.63. The van der Waals surface area contributed by atoms with Crippen molar-refractivity contribution < 1.29 is 4.79 Å². The molecule has 0 atom stereocenters. The van der Waals surface area contributed by atoms with Gasteiger partial charge in [0.2, 0.25) is 5.91 Å². The predicted molar refractivity (Wildman–Crippen MR) is 83.7 cm³/mol. The van der Waals surface area contributed by atoms with Crippen LogP contribution in [0, 0.1) is 5.41 Å². The summed E-state index contributed by atoms with van der Waals surface area (Å²) in [5.41, 5.74) is -0.0394. The minimum atomic E-state index is -0.0394. The molecule has 0 bridgehead atoms. The van der Waals surface area contributed by atoms with Crippen molar-refractivity contribution in [3.8, 4) is 0 Å². The molecule has 1 amide bonds. The van der Waals surface area contributed by atoms with Crippen LogP contribution in [-0.2, 0) is 4.79 Å². The molecule has 0 aromatic carbocycles. The fourth-order valence-electron chi connectivity index (χ4n) is 3.92. The van der Waals surface area contributed by atoms with Crippen LogP contribution < -0.4 is 10.6 Å². The van der Waals surface area contributed by atoms with Crippen molar-refractivity contribution in [2.45, 2.75) is 83.6 Å². The average Bonchev–Trinajstić information content (AvgIpc) is 2.82. The summed E-state index contributed by atoms with van der Waals surface area (Å²) in [6.07, 6.45) is 13.8.